The fourth-order valence-corrected chi connectivity index (χ4v) is 1.43. The zero-order valence-electron chi connectivity index (χ0n) is 10.1. The lowest BCUT2D eigenvalue weighted by Crippen LogP contribution is -2.17. The molecule has 0 atom stereocenters. The Kier molecular flexibility index (Phi) is 4.98. The van der Waals surface area contributed by atoms with Crippen LogP contribution in [0.3, 0.4) is 0 Å². The van der Waals surface area contributed by atoms with Gasteiger partial charge >= 0.3 is 5.97 Å². The highest BCUT2D eigenvalue weighted by molar-refractivity contribution is 5.85. The molecule has 5 heteroatoms. The van der Waals surface area contributed by atoms with Crippen molar-refractivity contribution < 1.29 is 9.53 Å². The lowest BCUT2D eigenvalue weighted by molar-refractivity contribution is 0.0506. The number of ether oxygens (including phenoxy) is 1. The zero-order chi connectivity index (χ0) is 12.0. The highest BCUT2D eigenvalue weighted by Crippen LogP contribution is 2.02. The number of carbonyl (C=O) groups excluding carboxylic acids is 1. The SMILES string of the molecule is CCOC(=O)c1nccn1CCCN(C)C. The van der Waals surface area contributed by atoms with Gasteiger partial charge in [-0.2, -0.15) is 0 Å². The van der Waals surface area contributed by atoms with E-state index in [0.29, 0.717) is 12.4 Å². The van der Waals surface area contributed by atoms with E-state index < -0.39 is 0 Å². The van der Waals surface area contributed by atoms with Crippen LogP contribution in [0.25, 0.3) is 0 Å². The first-order valence-electron chi connectivity index (χ1n) is 5.48. The van der Waals surface area contributed by atoms with Crippen molar-refractivity contribution >= 4 is 5.97 Å². The molecule has 0 fully saturated rings. The summed E-state index contributed by atoms with van der Waals surface area (Å²) in [6.07, 6.45) is 4.42. The molecule has 0 N–H and O–H groups in total. The smallest absolute Gasteiger partial charge is 0.374 e. The Morgan fingerprint density at radius 1 is 1.56 bits per heavy atom. The topological polar surface area (TPSA) is 47.4 Å². The largest absolute Gasteiger partial charge is 0.460 e. The van der Waals surface area contributed by atoms with Gasteiger partial charge in [0, 0.05) is 18.9 Å². The third-order valence-corrected chi connectivity index (χ3v) is 2.18. The van der Waals surface area contributed by atoms with Gasteiger partial charge in [-0.15, -0.1) is 0 Å². The van der Waals surface area contributed by atoms with Gasteiger partial charge in [-0.1, -0.05) is 0 Å². The summed E-state index contributed by atoms with van der Waals surface area (Å²) in [5.41, 5.74) is 0. The Morgan fingerprint density at radius 2 is 2.31 bits per heavy atom. The highest BCUT2D eigenvalue weighted by atomic mass is 16.5. The van der Waals surface area contributed by atoms with Crippen molar-refractivity contribution in [1.82, 2.24) is 14.5 Å². The number of aromatic nitrogens is 2. The molecule has 1 aromatic heterocycles. The maximum atomic E-state index is 11.5. The van der Waals surface area contributed by atoms with E-state index in [1.54, 1.807) is 13.1 Å². The number of nitrogens with zero attached hydrogens (tertiary/aromatic N) is 3. The van der Waals surface area contributed by atoms with Crippen molar-refractivity contribution in [3.05, 3.63) is 18.2 Å². The van der Waals surface area contributed by atoms with Crippen LogP contribution in [0.2, 0.25) is 0 Å². The van der Waals surface area contributed by atoms with E-state index in [-0.39, 0.29) is 5.97 Å². The van der Waals surface area contributed by atoms with Gasteiger partial charge in [-0.05, 0) is 34.0 Å². The van der Waals surface area contributed by atoms with E-state index in [0.717, 1.165) is 19.5 Å². The van der Waals surface area contributed by atoms with Crippen molar-refractivity contribution in [2.45, 2.75) is 19.9 Å². The second-order valence-corrected chi connectivity index (χ2v) is 3.82. The van der Waals surface area contributed by atoms with Gasteiger partial charge in [0.15, 0.2) is 0 Å². The maximum absolute atomic E-state index is 11.5. The normalized spacial score (nSPS) is 10.8. The van der Waals surface area contributed by atoms with E-state index in [1.165, 1.54) is 0 Å². The Morgan fingerprint density at radius 3 is 2.94 bits per heavy atom. The van der Waals surface area contributed by atoms with Crippen LogP contribution in [0.1, 0.15) is 24.0 Å². The first-order chi connectivity index (χ1) is 7.65. The van der Waals surface area contributed by atoms with Gasteiger partial charge in [-0.25, -0.2) is 9.78 Å². The Hall–Kier alpha value is -1.36. The maximum Gasteiger partial charge on any atom is 0.374 e. The lowest BCUT2D eigenvalue weighted by atomic mass is 10.4. The van der Waals surface area contributed by atoms with E-state index in [2.05, 4.69) is 9.88 Å². The Balaban J connectivity index is 2.53. The molecular weight excluding hydrogens is 206 g/mol. The van der Waals surface area contributed by atoms with Gasteiger partial charge in [0.1, 0.15) is 0 Å². The summed E-state index contributed by atoms with van der Waals surface area (Å²) in [6, 6.07) is 0. The summed E-state index contributed by atoms with van der Waals surface area (Å²) in [4.78, 5) is 17.6. The molecule has 0 saturated carbocycles. The van der Waals surface area contributed by atoms with Gasteiger partial charge in [0.2, 0.25) is 5.82 Å². The molecule has 0 bridgehead atoms. The number of aryl methyl sites for hydroxylation is 1. The van der Waals surface area contributed by atoms with Crippen LogP contribution in [0.15, 0.2) is 12.4 Å². The summed E-state index contributed by atoms with van der Waals surface area (Å²) >= 11 is 0. The van der Waals surface area contributed by atoms with E-state index in [9.17, 15) is 4.79 Å². The van der Waals surface area contributed by atoms with Crippen LogP contribution in [0.5, 0.6) is 0 Å². The van der Waals surface area contributed by atoms with Crippen molar-refractivity contribution in [2.75, 3.05) is 27.2 Å². The number of rotatable bonds is 6. The van der Waals surface area contributed by atoms with E-state index in [1.807, 2.05) is 24.9 Å². The minimum absolute atomic E-state index is 0.350. The molecule has 0 saturated heterocycles. The molecular formula is C11H19N3O2. The van der Waals surface area contributed by atoms with Crippen LogP contribution >= 0.6 is 0 Å². The van der Waals surface area contributed by atoms with Crippen LogP contribution in [0, 0.1) is 0 Å². The highest BCUT2D eigenvalue weighted by Gasteiger charge is 2.13. The summed E-state index contributed by atoms with van der Waals surface area (Å²) in [5, 5.41) is 0. The summed E-state index contributed by atoms with van der Waals surface area (Å²) in [7, 11) is 4.06. The van der Waals surface area contributed by atoms with Crippen LogP contribution < -0.4 is 0 Å². The molecule has 0 unspecified atom stereocenters. The van der Waals surface area contributed by atoms with Crippen LogP contribution in [-0.2, 0) is 11.3 Å². The quantitative estimate of drug-likeness (QED) is 0.678. The van der Waals surface area contributed by atoms with Gasteiger partial charge < -0.3 is 14.2 Å². The fraction of sp³-hybridized carbons (Fsp3) is 0.636. The minimum Gasteiger partial charge on any atom is -0.460 e. The summed E-state index contributed by atoms with van der Waals surface area (Å²) < 4.78 is 6.76. The average molecular weight is 225 g/mol. The summed E-state index contributed by atoms with van der Waals surface area (Å²) in [6.45, 7) is 3.94. The second-order valence-electron chi connectivity index (χ2n) is 3.82. The summed E-state index contributed by atoms with van der Waals surface area (Å²) in [5.74, 6) is 0.0398. The van der Waals surface area contributed by atoms with Gasteiger partial charge in [0.25, 0.3) is 0 Å². The van der Waals surface area contributed by atoms with Gasteiger partial charge in [-0.3, -0.25) is 0 Å². The molecule has 0 aliphatic carbocycles. The second kappa shape index (κ2) is 6.27. The minimum atomic E-state index is -0.350. The first-order valence-corrected chi connectivity index (χ1v) is 5.48. The molecule has 5 nitrogen and oxygen atoms in total. The van der Waals surface area contributed by atoms with Crippen molar-refractivity contribution in [3.8, 4) is 0 Å². The first kappa shape index (κ1) is 12.7. The molecule has 0 radical (unpaired) electrons. The molecule has 0 aliphatic heterocycles. The Labute approximate surface area is 96.0 Å². The molecule has 0 aliphatic rings. The van der Waals surface area contributed by atoms with Crippen molar-refractivity contribution in [1.29, 1.82) is 0 Å². The number of carbonyl (C=O) groups is 1. The third-order valence-electron chi connectivity index (χ3n) is 2.18. The molecule has 16 heavy (non-hydrogen) atoms. The number of hydrogen-bond acceptors (Lipinski definition) is 4. The van der Waals surface area contributed by atoms with E-state index >= 15 is 0 Å². The molecule has 1 heterocycles. The number of esters is 1. The number of imidazole rings is 1. The van der Waals surface area contributed by atoms with Crippen LogP contribution in [0.4, 0.5) is 0 Å². The van der Waals surface area contributed by atoms with Crippen LogP contribution in [-0.4, -0.2) is 47.7 Å². The molecule has 0 aromatic carbocycles. The molecule has 0 spiro atoms. The predicted octanol–water partition coefficient (Wildman–Crippen LogP) is 1.01. The van der Waals surface area contributed by atoms with Gasteiger partial charge in [0.05, 0.1) is 6.61 Å². The van der Waals surface area contributed by atoms with E-state index in [4.69, 9.17) is 4.74 Å². The molecule has 90 valence electrons. The van der Waals surface area contributed by atoms with Crippen molar-refractivity contribution in [3.63, 3.8) is 0 Å². The lowest BCUT2D eigenvalue weighted by Gasteiger charge is -2.10. The average Bonchev–Trinajstić information content (AvgIpc) is 2.66. The monoisotopic (exact) mass is 225 g/mol. The third kappa shape index (κ3) is 3.66. The standard InChI is InChI=1S/C11H19N3O2/c1-4-16-11(15)10-12-6-9-14(10)8-5-7-13(2)3/h6,9H,4-5,7-8H2,1-3H3. The molecule has 0 amide bonds. The zero-order valence-corrected chi connectivity index (χ0v) is 10.1. The Bertz CT molecular complexity index is 334. The fourth-order valence-electron chi connectivity index (χ4n) is 1.43. The molecule has 1 rings (SSSR count). The molecule has 1 aromatic rings. The number of hydrogen-bond donors (Lipinski definition) is 0. The predicted molar refractivity (Wildman–Crippen MR) is 61.4 cm³/mol. The van der Waals surface area contributed by atoms with Crippen molar-refractivity contribution in [2.24, 2.45) is 0 Å².